The fraction of sp³-hybridized carbons (Fsp3) is 0.364. The predicted octanol–water partition coefficient (Wildman–Crippen LogP) is 1.89. The highest BCUT2D eigenvalue weighted by Crippen LogP contribution is 2.26. The van der Waals surface area contributed by atoms with Crippen LogP contribution in [0.2, 0.25) is 0 Å². The lowest BCUT2D eigenvalue weighted by molar-refractivity contribution is -0.116. The fourth-order valence-corrected chi connectivity index (χ4v) is 3.24. The second-order valence-electron chi connectivity index (χ2n) is 6.89. The molecule has 0 spiro atoms. The average Bonchev–Trinajstić information content (AvgIpc) is 2.76. The van der Waals surface area contributed by atoms with E-state index in [4.69, 9.17) is 4.74 Å². The van der Waals surface area contributed by atoms with Crippen LogP contribution in [-0.2, 0) is 11.2 Å². The smallest absolute Gasteiger partial charge is 0.224 e. The van der Waals surface area contributed by atoms with Crippen LogP contribution in [0.4, 0.5) is 5.69 Å². The van der Waals surface area contributed by atoms with E-state index in [-0.39, 0.29) is 18.4 Å². The van der Waals surface area contributed by atoms with E-state index in [1.807, 2.05) is 48.5 Å². The number of aliphatic imine (C=N–C) groups is 1. The normalized spacial score (nSPS) is 14.6. The Balaban J connectivity index is 1.41. The summed E-state index contributed by atoms with van der Waals surface area (Å²) in [6.07, 6.45) is 1.25. The molecule has 2 aromatic carbocycles. The lowest BCUT2D eigenvalue weighted by Gasteiger charge is -2.19. The molecule has 0 fully saturated rings. The Morgan fingerprint density at radius 3 is 2.79 bits per heavy atom. The summed E-state index contributed by atoms with van der Waals surface area (Å²) in [6, 6.07) is 15.6. The molecule has 1 amide bonds. The van der Waals surface area contributed by atoms with Crippen molar-refractivity contribution in [2.75, 3.05) is 38.7 Å². The van der Waals surface area contributed by atoms with E-state index in [1.165, 1.54) is 0 Å². The number of benzene rings is 2. The summed E-state index contributed by atoms with van der Waals surface area (Å²) in [5, 5.41) is 19.0. The lowest BCUT2D eigenvalue weighted by atomic mass is 10.0. The van der Waals surface area contributed by atoms with Gasteiger partial charge in [-0.15, -0.1) is 0 Å². The van der Waals surface area contributed by atoms with Gasteiger partial charge in [0, 0.05) is 31.6 Å². The minimum Gasteiger partial charge on any atom is -0.492 e. The quantitative estimate of drug-likeness (QED) is 0.311. The monoisotopic (exact) mass is 396 g/mol. The van der Waals surface area contributed by atoms with Crippen molar-refractivity contribution in [2.24, 2.45) is 4.99 Å². The highest BCUT2D eigenvalue weighted by molar-refractivity contribution is 5.94. The van der Waals surface area contributed by atoms with Gasteiger partial charge in [-0.05, 0) is 35.7 Å². The van der Waals surface area contributed by atoms with E-state index >= 15 is 0 Å². The van der Waals surface area contributed by atoms with Crippen molar-refractivity contribution in [1.29, 1.82) is 0 Å². The third-order valence-electron chi connectivity index (χ3n) is 4.87. The molecular weight excluding hydrogens is 368 g/mol. The van der Waals surface area contributed by atoms with Gasteiger partial charge in [0.1, 0.15) is 12.4 Å². The van der Waals surface area contributed by atoms with Crippen LogP contribution in [-0.4, -0.2) is 50.3 Å². The van der Waals surface area contributed by atoms with Gasteiger partial charge >= 0.3 is 0 Å². The molecule has 7 heteroatoms. The number of aliphatic hydroxyl groups excluding tert-OH is 1. The van der Waals surface area contributed by atoms with E-state index in [0.29, 0.717) is 32.1 Å². The number of aliphatic hydroxyl groups is 1. The summed E-state index contributed by atoms with van der Waals surface area (Å²) in [6.45, 7) is 1.71. The molecule has 0 aromatic heterocycles. The van der Waals surface area contributed by atoms with Gasteiger partial charge in [-0.25, -0.2) is 0 Å². The molecule has 4 N–H and O–H groups in total. The molecule has 1 aliphatic rings. The number of aryl methyl sites for hydroxylation is 1. The molecule has 0 saturated carbocycles. The Morgan fingerprint density at radius 2 is 2.03 bits per heavy atom. The van der Waals surface area contributed by atoms with E-state index in [1.54, 1.807) is 7.05 Å². The SMILES string of the molecule is CN=C(NCCOc1ccc2c(c1)CCC(=O)N2)NCC(CO)c1ccccc1. The molecule has 0 bridgehead atoms. The summed E-state index contributed by atoms with van der Waals surface area (Å²) in [4.78, 5) is 15.6. The van der Waals surface area contributed by atoms with Crippen molar-refractivity contribution in [3.8, 4) is 5.75 Å². The van der Waals surface area contributed by atoms with Crippen molar-refractivity contribution in [3.63, 3.8) is 0 Å². The van der Waals surface area contributed by atoms with Gasteiger partial charge in [-0.3, -0.25) is 9.79 Å². The van der Waals surface area contributed by atoms with Crippen LogP contribution in [0.5, 0.6) is 5.75 Å². The number of rotatable bonds is 8. The number of nitrogens with zero attached hydrogens (tertiary/aromatic N) is 1. The minimum atomic E-state index is 0.00184. The summed E-state index contributed by atoms with van der Waals surface area (Å²) in [7, 11) is 1.71. The number of nitrogens with one attached hydrogen (secondary N) is 3. The highest BCUT2D eigenvalue weighted by Gasteiger charge is 2.15. The van der Waals surface area contributed by atoms with Crippen LogP contribution >= 0.6 is 0 Å². The molecule has 3 rings (SSSR count). The van der Waals surface area contributed by atoms with Crippen LogP contribution in [0.3, 0.4) is 0 Å². The van der Waals surface area contributed by atoms with Gasteiger partial charge in [-0.1, -0.05) is 30.3 Å². The topological polar surface area (TPSA) is 95.0 Å². The molecule has 1 aliphatic heterocycles. The molecule has 154 valence electrons. The predicted molar refractivity (Wildman–Crippen MR) is 115 cm³/mol. The van der Waals surface area contributed by atoms with Crippen LogP contribution < -0.4 is 20.7 Å². The minimum absolute atomic E-state index is 0.00184. The first-order valence-corrected chi connectivity index (χ1v) is 9.85. The highest BCUT2D eigenvalue weighted by atomic mass is 16.5. The van der Waals surface area contributed by atoms with Crippen LogP contribution in [0.25, 0.3) is 0 Å². The Bertz CT molecular complexity index is 839. The molecule has 29 heavy (non-hydrogen) atoms. The van der Waals surface area contributed by atoms with Gasteiger partial charge in [0.25, 0.3) is 0 Å². The number of guanidine groups is 1. The zero-order chi connectivity index (χ0) is 20.5. The molecule has 0 radical (unpaired) electrons. The Kier molecular flexibility index (Phi) is 7.47. The van der Waals surface area contributed by atoms with Crippen molar-refractivity contribution >= 4 is 17.6 Å². The van der Waals surface area contributed by atoms with E-state index < -0.39 is 0 Å². The molecule has 0 aliphatic carbocycles. The van der Waals surface area contributed by atoms with Crippen LogP contribution in [0.15, 0.2) is 53.5 Å². The zero-order valence-electron chi connectivity index (χ0n) is 16.6. The second kappa shape index (κ2) is 10.5. The van der Waals surface area contributed by atoms with E-state index in [2.05, 4.69) is 20.9 Å². The number of carbonyl (C=O) groups is 1. The number of fused-ring (bicyclic) bond motifs is 1. The number of hydrogen-bond acceptors (Lipinski definition) is 4. The van der Waals surface area contributed by atoms with Gasteiger partial charge in [0.15, 0.2) is 5.96 Å². The lowest BCUT2D eigenvalue weighted by Crippen LogP contribution is -2.41. The number of carbonyl (C=O) groups excluding carboxylic acids is 1. The van der Waals surface area contributed by atoms with E-state index in [9.17, 15) is 9.90 Å². The van der Waals surface area contributed by atoms with Gasteiger partial charge in [0.2, 0.25) is 5.91 Å². The Hall–Kier alpha value is -3.06. The molecule has 1 heterocycles. The first kappa shape index (κ1) is 20.7. The van der Waals surface area contributed by atoms with Gasteiger partial charge in [0.05, 0.1) is 13.2 Å². The Morgan fingerprint density at radius 1 is 1.21 bits per heavy atom. The average molecular weight is 396 g/mol. The van der Waals surface area contributed by atoms with Gasteiger partial charge in [-0.2, -0.15) is 0 Å². The molecular formula is C22H28N4O3. The third kappa shape index (κ3) is 5.96. The maximum atomic E-state index is 11.4. The number of anilines is 1. The summed E-state index contributed by atoms with van der Waals surface area (Å²) in [5.74, 6) is 1.51. The second-order valence-corrected chi connectivity index (χ2v) is 6.89. The first-order chi connectivity index (χ1) is 14.2. The molecule has 0 saturated heterocycles. The van der Waals surface area contributed by atoms with Crippen LogP contribution in [0.1, 0.15) is 23.5 Å². The molecule has 7 nitrogen and oxygen atoms in total. The fourth-order valence-electron chi connectivity index (χ4n) is 3.24. The molecule has 1 atom stereocenters. The van der Waals surface area contributed by atoms with Crippen LogP contribution in [0, 0.1) is 0 Å². The van der Waals surface area contributed by atoms with Gasteiger partial charge < -0.3 is 25.8 Å². The van der Waals surface area contributed by atoms with Crippen molar-refractivity contribution in [3.05, 3.63) is 59.7 Å². The Labute approximate surface area is 171 Å². The number of ether oxygens (including phenoxy) is 1. The maximum Gasteiger partial charge on any atom is 0.224 e. The summed E-state index contributed by atoms with van der Waals surface area (Å²) >= 11 is 0. The van der Waals surface area contributed by atoms with Crippen molar-refractivity contribution in [2.45, 2.75) is 18.8 Å². The number of hydrogen-bond donors (Lipinski definition) is 4. The number of amides is 1. The van der Waals surface area contributed by atoms with Crippen molar-refractivity contribution < 1.29 is 14.6 Å². The standard InChI is InChI=1S/C22H28N4O3/c1-23-22(25-14-18(15-27)16-5-3-2-4-6-16)24-11-12-29-19-8-9-20-17(13-19)7-10-21(28)26-20/h2-6,8-9,13,18,27H,7,10-12,14-15H2,1H3,(H,26,28)(H2,23,24,25). The zero-order valence-corrected chi connectivity index (χ0v) is 16.6. The van der Waals surface area contributed by atoms with Crippen molar-refractivity contribution in [1.82, 2.24) is 10.6 Å². The first-order valence-electron chi connectivity index (χ1n) is 9.85. The summed E-state index contributed by atoms with van der Waals surface area (Å²) < 4.78 is 5.81. The molecule has 1 unspecified atom stereocenters. The summed E-state index contributed by atoms with van der Waals surface area (Å²) in [5.41, 5.74) is 3.06. The third-order valence-corrected chi connectivity index (χ3v) is 4.87. The largest absolute Gasteiger partial charge is 0.492 e. The molecule has 2 aromatic rings. The maximum absolute atomic E-state index is 11.4. The van der Waals surface area contributed by atoms with E-state index in [0.717, 1.165) is 29.0 Å².